The molecule has 1 aromatic carbocycles. The summed E-state index contributed by atoms with van der Waals surface area (Å²) in [6.45, 7) is 10.1. The van der Waals surface area contributed by atoms with E-state index in [2.05, 4.69) is 10.3 Å². The van der Waals surface area contributed by atoms with Crippen molar-refractivity contribution in [3.8, 4) is 0 Å². The van der Waals surface area contributed by atoms with Crippen LogP contribution in [-0.4, -0.2) is 43.6 Å². The van der Waals surface area contributed by atoms with Gasteiger partial charge in [-0.25, -0.2) is 4.98 Å². The molecule has 0 amide bonds. The molecule has 0 unspecified atom stereocenters. The summed E-state index contributed by atoms with van der Waals surface area (Å²) in [7, 11) is 3.45. The predicted molar refractivity (Wildman–Crippen MR) is 117 cm³/mol. The summed E-state index contributed by atoms with van der Waals surface area (Å²) in [4.78, 5) is 6.52. The molecule has 1 saturated heterocycles. The van der Waals surface area contributed by atoms with Crippen LogP contribution in [-0.2, 0) is 9.31 Å². The molecule has 1 aliphatic heterocycles. The second-order valence-electron chi connectivity index (χ2n) is 8.42. The van der Waals surface area contributed by atoms with Gasteiger partial charge in [-0.15, -0.1) is 0 Å². The predicted octanol–water partition coefficient (Wildman–Crippen LogP) is 3.50. The minimum absolute atomic E-state index is 0.415. The van der Waals surface area contributed by atoms with Crippen molar-refractivity contribution in [3.05, 3.63) is 41.6 Å². The smallest absolute Gasteiger partial charge is 0.399 e. The number of nitrogens with zero attached hydrogens (tertiary/aromatic N) is 2. The van der Waals surface area contributed by atoms with E-state index in [1.807, 2.05) is 83.9 Å². The SMILES string of the molecule is Cc1cccc(Nc2cc(B3OC(C)(C)C(C)(C)O3)cc(N(C)C)c2C=N)n1. The van der Waals surface area contributed by atoms with Crippen LogP contribution in [0, 0.1) is 12.3 Å². The Labute approximate surface area is 167 Å². The molecule has 2 N–H and O–H groups in total. The molecule has 6 nitrogen and oxygen atoms in total. The normalized spacial score (nSPS) is 17.5. The molecule has 7 heteroatoms. The Morgan fingerprint density at radius 3 is 2.29 bits per heavy atom. The lowest BCUT2D eigenvalue weighted by Gasteiger charge is -2.32. The van der Waals surface area contributed by atoms with E-state index >= 15 is 0 Å². The summed E-state index contributed by atoms with van der Waals surface area (Å²) in [6, 6.07) is 9.84. The van der Waals surface area contributed by atoms with Crippen molar-refractivity contribution in [3.63, 3.8) is 0 Å². The highest BCUT2D eigenvalue weighted by Crippen LogP contribution is 2.37. The van der Waals surface area contributed by atoms with Gasteiger partial charge in [0.15, 0.2) is 0 Å². The highest BCUT2D eigenvalue weighted by Gasteiger charge is 2.51. The Kier molecular flexibility index (Phi) is 5.25. The molecule has 0 spiro atoms. The molecule has 0 atom stereocenters. The highest BCUT2D eigenvalue weighted by molar-refractivity contribution is 6.62. The van der Waals surface area contributed by atoms with Gasteiger partial charge in [0.1, 0.15) is 5.82 Å². The molecule has 1 fully saturated rings. The molecule has 28 heavy (non-hydrogen) atoms. The minimum Gasteiger partial charge on any atom is -0.399 e. The largest absolute Gasteiger partial charge is 0.494 e. The van der Waals surface area contributed by atoms with Crippen LogP contribution in [0.25, 0.3) is 0 Å². The average Bonchev–Trinajstić information content (AvgIpc) is 2.82. The first-order valence-corrected chi connectivity index (χ1v) is 9.46. The zero-order valence-electron chi connectivity index (χ0n) is 17.8. The van der Waals surface area contributed by atoms with E-state index in [1.165, 1.54) is 6.21 Å². The van der Waals surface area contributed by atoms with Gasteiger partial charge in [-0.1, -0.05) is 6.07 Å². The molecule has 0 aliphatic carbocycles. The van der Waals surface area contributed by atoms with Gasteiger partial charge in [-0.2, -0.15) is 0 Å². The van der Waals surface area contributed by atoms with E-state index in [-0.39, 0.29) is 0 Å². The number of anilines is 3. The maximum Gasteiger partial charge on any atom is 0.494 e. The van der Waals surface area contributed by atoms with E-state index in [0.29, 0.717) is 0 Å². The van der Waals surface area contributed by atoms with Crippen molar-refractivity contribution in [2.24, 2.45) is 0 Å². The van der Waals surface area contributed by atoms with Crippen LogP contribution in [0.4, 0.5) is 17.2 Å². The molecule has 2 heterocycles. The van der Waals surface area contributed by atoms with E-state index in [9.17, 15) is 0 Å². The van der Waals surface area contributed by atoms with Gasteiger partial charge in [0, 0.05) is 37.3 Å². The third-order valence-electron chi connectivity index (χ3n) is 5.48. The van der Waals surface area contributed by atoms with Crippen molar-refractivity contribution in [1.29, 1.82) is 5.41 Å². The number of benzene rings is 1. The molecule has 148 valence electrons. The number of aromatic nitrogens is 1. The van der Waals surface area contributed by atoms with Gasteiger partial charge < -0.3 is 24.9 Å². The lowest BCUT2D eigenvalue weighted by atomic mass is 9.77. The Balaban J connectivity index is 2.07. The third kappa shape index (κ3) is 3.77. The fraction of sp³-hybridized carbons (Fsp3) is 0.429. The van der Waals surface area contributed by atoms with Crippen LogP contribution in [0.5, 0.6) is 0 Å². The van der Waals surface area contributed by atoms with E-state index < -0.39 is 18.3 Å². The Morgan fingerprint density at radius 2 is 1.75 bits per heavy atom. The maximum absolute atomic E-state index is 7.96. The van der Waals surface area contributed by atoms with Crippen molar-refractivity contribution in [2.75, 3.05) is 24.3 Å². The first-order chi connectivity index (χ1) is 13.0. The lowest BCUT2D eigenvalue weighted by Crippen LogP contribution is -2.41. The highest BCUT2D eigenvalue weighted by atomic mass is 16.7. The quantitative estimate of drug-likeness (QED) is 0.614. The van der Waals surface area contributed by atoms with Crippen molar-refractivity contribution in [2.45, 2.75) is 45.8 Å². The van der Waals surface area contributed by atoms with Gasteiger partial charge in [-0.05, 0) is 64.3 Å². The van der Waals surface area contributed by atoms with Crippen LogP contribution < -0.4 is 15.7 Å². The number of pyridine rings is 1. The molecule has 2 aromatic rings. The van der Waals surface area contributed by atoms with Crippen LogP contribution in [0.2, 0.25) is 0 Å². The topological polar surface area (TPSA) is 70.5 Å². The molecule has 1 aromatic heterocycles. The van der Waals surface area contributed by atoms with Crippen molar-refractivity contribution < 1.29 is 9.31 Å². The molecule has 1 aliphatic rings. The Morgan fingerprint density at radius 1 is 1.11 bits per heavy atom. The zero-order valence-corrected chi connectivity index (χ0v) is 17.8. The summed E-state index contributed by atoms with van der Waals surface area (Å²) < 4.78 is 12.5. The fourth-order valence-corrected chi connectivity index (χ4v) is 3.15. The molecule has 0 bridgehead atoms. The van der Waals surface area contributed by atoms with Crippen LogP contribution in [0.1, 0.15) is 39.0 Å². The summed E-state index contributed by atoms with van der Waals surface area (Å²) in [5, 5.41) is 11.3. The van der Waals surface area contributed by atoms with E-state index in [0.717, 1.165) is 33.9 Å². The monoisotopic (exact) mass is 380 g/mol. The fourth-order valence-electron chi connectivity index (χ4n) is 3.15. The Bertz CT molecular complexity index is 880. The van der Waals surface area contributed by atoms with Gasteiger partial charge in [0.05, 0.1) is 16.9 Å². The molecular weight excluding hydrogens is 351 g/mol. The van der Waals surface area contributed by atoms with Gasteiger partial charge in [0.25, 0.3) is 0 Å². The molecule has 3 rings (SSSR count). The summed E-state index contributed by atoms with van der Waals surface area (Å²) in [5.74, 6) is 0.735. The molecular formula is C21H29BN4O2. The van der Waals surface area contributed by atoms with E-state index in [4.69, 9.17) is 14.7 Å². The second kappa shape index (κ2) is 7.22. The van der Waals surface area contributed by atoms with Crippen molar-refractivity contribution in [1.82, 2.24) is 4.98 Å². The molecule has 0 radical (unpaired) electrons. The number of rotatable bonds is 5. The Hall–Kier alpha value is -2.38. The van der Waals surface area contributed by atoms with Gasteiger partial charge >= 0.3 is 7.12 Å². The third-order valence-corrected chi connectivity index (χ3v) is 5.48. The standard InChI is InChI=1S/C21H29BN4O2/c1-14-9-8-10-19(24-14)25-17-11-15(12-18(26(6)7)16(17)13-23)22-27-20(2,3)21(4,5)28-22/h8-13,23H,1-7H3,(H,24,25). The van der Waals surface area contributed by atoms with Gasteiger partial charge in [-0.3, -0.25) is 0 Å². The molecule has 0 saturated carbocycles. The summed E-state index contributed by atoms with van der Waals surface area (Å²) in [5.41, 5.74) is 3.50. The van der Waals surface area contributed by atoms with Crippen LogP contribution >= 0.6 is 0 Å². The number of aryl methyl sites for hydroxylation is 1. The number of nitrogens with one attached hydrogen (secondary N) is 2. The summed E-state index contributed by atoms with van der Waals surface area (Å²) in [6.07, 6.45) is 1.36. The van der Waals surface area contributed by atoms with E-state index in [1.54, 1.807) is 0 Å². The van der Waals surface area contributed by atoms with Crippen molar-refractivity contribution >= 4 is 36.0 Å². The lowest BCUT2D eigenvalue weighted by molar-refractivity contribution is 0.00578. The summed E-state index contributed by atoms with van der Waals surface area (Å²) >= 11 is 0. The first kappa shape index (κ1) is 20.4. The second-order valence-corrected chi connectivity index (χ2v) is 8.42. The van der Waals surface area contributed by atoms with Crippen LogP contribution in [0.15, 0.2) is 30.3 Å². The number of hydrogen-bond acceptors (Lipinski definition) is 6. The first-order valence-electron chi connectivity index (χ1n) is 9.46. The number of hydrogen-bond donors (Lipinski definition) is 2. The maximum atomic E-state index is 7.96. The van der Waals surface area contributed by atoms with Gasteiger partial charge in [0.2, 0.25) is 0 Å². The zero-order chi connectivity index (χ0) is 20.7. The minimum atomic E-state index is -0.477. The average molecular weight is 380 g/mol. The van der Waals surface area contributed by atoms with Crippen LogP contribution in [0.3, 0.4) is 0 Å².